The van der Waals surface area contributed by atoms with E-state index in [0.29, 0.717) is 13.1 Å². The lowest BCUT2D eigenvalue weighted by Gasteiger charge is -2.15. The van der Waals surface area contributed by atoms with Crippen LogP contribution in [0.15, 0.2) is 41.4 Å². The summed E-state index contributed by atoms with van der Waals surface area (Å²) in [4.78, 5) is 7.24. The molecule has 2 rings (SSSR count). The van der Waals surface area contributed by atoms with Gasteiger partial charge in [-0.15, -0.1) is 35.3 Å². The molecule has 6 heteroatoms. The van der Waals surface area contributed by atoms with Crippen molar-refractivity contribution in [1.82, 2.24) is 10.6 Å². The second kappa shape index (κ2) is 11.5. The molecule has 0 aliphatic heterocycles. The molecule has 1 aromatic carbocycles. The molecular formula is C19H28IN3OS. The zero-order valence-electron chi connectivity index (χ0n) is 15.1. The summed E-state index contributed by atoms with van der Waals surface area (Å²) in [6, 6.07) is 12.3. The lowest BCUT2D eigenvalue weighted by atomic mass is 10.1. The molecule has 0 bridgehead atoms. The van der Waals surface area contributed by atoms with Crippen LogP contribution in [0, 0.1) is 6.92 Å². The first-order valence-corrected chi connectivity index (χ1v) is 9.28. The molecule has 1 aromatic heterocycles. The van der Waals surface area contributed by atoms with Crippen LogP contribution in [-0.2, 0) is 13.0 Å². The third-order valence-corrected chi connectivity index (χ3v) is 4.94. The fraction of sp³-hybridized carbons (Fsp3) is 0.421. The van der Waals surface area contributed by atoms with Crippen LogP contribution in [0.3, 0.4) is 0 Å². The van der Waals surface area contributed by atoms with Gasteiger partial charge in [-0.05, 0) is 38.0 Å². The van der Waals surface area contributed by atoms with Crippen molar-refractivity contribution in [2.75, 3.05) is 13.1 Å². The highest BCUT2D eigenvalue weighted by molar-refractivity contribution is 14.0. The number of aliphatic imine (C=N–C) groups is 1. The van der Waals surface area contributed by atoms with Crippen molar-refractivity contribution in [3.05, 3.63) is 57.3 Å². The Balaban J connectivity index is 0.00000312. The van der Waals surface area contributed by atoms with Gasteiger partial charge in [0.2, 0.25) is 0 Å². The van der Waals surface area contributed by atoms with Crippen LogP contribution >= 0.6 is 35.3 Å². The second-order valence-electron chi connectivity index (χ2n) is 5.72. The first-order chi connectivity index (χ1) is 11.6. The molecule has 0 saturated carbocycles. The van der Waals surface area contributed by atoms with Crippen LogP contribution < -0.4 is 10.6 Å². The van der Waals surface area contributed by atoms with Gasteiger partial charge in [-0.2, -0.15) is 0 Å². The van der Waals surface area contributed by atoms with Crippen LogP contribution in [-0.4, -0.2) is 24.2 Å². The summed E-state index contributed by atoms with van der Waals surface area (Å²) >= 11 is 1.80. The summed E-state index contributed by atoms with van der Waals surface area (Å²) in [5, 5.41) is 16.7. The number of aryl methyl sites for hydroxylation is 2. The Morgan fingerprint density at radius 3 is 2.36 bits per heavy atom. The molecule has 0 aliphatic rings. The van der Waals surface area contributed by atoms with Crippen molar-refractivity contribution in [2.45, 2.75) is 39.8 Å². The molecule has 0 saturated heterocycles. The van der Waals surface area contributed by atoms with Gasteiger partial charge in [0, 0.05) is 22.8 Å². The third kappa shape index (κ3) is 7.33. The summed E-state index contributed by atoms with van der Waals surface area (Å²) in [6.07, 6.45) is 0.512. The number of hydrogen-bond donors (Lipinski definition) is 3. The number of benzene rings is 1. The van der Waals surface area contributed by atoms with E-state index in [-0.39, 0.29) is 24.0 Å². The van der Waals surface area contributed by atoms with E-state index in [1.165, 1.54) is 15.3 Å². The smallest absolute Gasteiger partial charge is 0.191 e. The van der Waals surface area contributed by atoms with Gasteiger partial charge in [0.25, 0.3) is 0 Å². The minimum Gasteiger partial charge on any atom is -0.387 e. The summed E-state index contributed by atoms with van der Waals surface area (Å²) in [5.41, 5.74) is 2.10. The molecule has 3 N–H and O–H groups in total. The SMILES string of the molecule is CCNC(=NCc1ccc(CC)s1)NCC(O)c1ccc(C)cc1.I. The maximum Gasteiger partial charge on any atom is 0.191 e. The largest absolute Gasteiger partial charge is 0.387 e. The minimum atomic E-state index is -0.553. The first-order valence-electron chi connectivity index (χ1n) is 8.46. The highest BCUT2D eigenvalue weighted by atomic mass is 127. The van der Waals surface area contributed by atoms with Crippen molar-refractivity contribution >= 4 is 41.3 Å². The standard InChI is InChI=1S/C19H27N3OS.HI/c1-4-16-10-11-17(24-16)12-21-19(20-5-2)22-13-18(23)15-8-6-14(3)7-9-15;/h6-11,18,23H,4-5,12-13H2,1-3H3,(H2,20,21,22);1H. The predicted octanol–water partition coefficient (Wildman–Crippen LogP) is 4.03. The number of aliphatic hydroxyl groups is 1. The van der Waals surface area contributed by atoms with E-state index in [2.05, 4.69) is 34.7 Å². The van der Waals surface area contributed by atoms with Gasteiger partial charge in [0.1, 0.15) is 0 Å². The first kappa shape index (κ1) is 21.9. The van der Waals surface area contributed by atoms with Crippen LogP contribution in [0.2, 0.25) is 0 Å². The number of hydrogen-bond acceptors (Lipinski definition) is 3. The van der Waals surface area contributed by atoms with E-state index in [1.807, 2.05) is 38.1 Å². The van der Waals surface area contributed by atoms with Crippen molar-refractivity contribution < 1.29 is 5.11 Å². The minimum absolute atomic E-state index is 0. The lowest BCUT2D eigenvalue weighted by Crippen LogP contribution is -2.39. The van der Waals surface area contributed by atoms with Crippen LogP contribution in [0.25, 0.3) is 0 Å². The highest BCUT2D eigenvalue weighted by Gasteiger charge is 2.08. The van der Waals surface area contributed by atoms with Gasteiger partial charge in [0.15, 0.2) is 5.96 Å². The van der Waals surface area contributed by atoms with Gasteiger partial charge < -0.3 is 15.7 Å². The molecule has 25 heavy (non-hydrogen) atoms. The summed E-state index contributed by atoms with van der Waals surface area (Å²) in [5.74, 6) is 0.732. The third-order valence-electron chi connectivity index (χ3n) is 3.73. The van der Waals surface area contributed by atoms with Crippen LogP contribution in [0.4, 0.5) is 0 Å². The number of aliphatic hydroxyl groups excluding tert-OH is 1. The molecule has 1 heterocycles. The summed E-state index contributed by atoms with van der Waals surface area (Å²) in [6.45, 7) is 8.11. The maximum atomic E-state index is 10.3. The number of halogens is 1. The van der Waals surface area contributed by atoms with Gasteiger partial charge in [-0.3, -0.25) is 0 Å². The number of nitrogens with zero attached hydrogens (tertiary/aromatic N) is 1. The molecule has 1 atom stereocenters. The Morgan fingerprint density at radius 1 is 1.08 bits per heavy atom. The Morgan fingerprint density at radius 2 is 1.76 bits per heavy atom. The van der Waals surface area contributed by atoms with Crippen molar-refractivity contribution in [3.8, 4) is 0 Å². The van der Waals surface area contributed by atoms with E-state index in [1.54, 1.807) is 11.3 Å². The van der Waals surface area contributed by atoms with E-state index in [0.717, 1.165) is 24.5 Å². The van der Waals surface area contributed by atoms with Gasteiger partial charge >= 0.3 is 0 Å². The van der Waals surface area contributed by atoms with Crippen molar-refractivity contribution in [1.29, 1.82) is 0 Å². The molecule has 4 nitrogen and oxygen atoms in total. The molecule has 0 fully saturated rings. The zero-order chi connectivity index (χ0) is 17.4. The number of thiophene rings is 1. The van der Waals surface area contributed by atoms with Gasteiger partial charge in [-0.1, -0.05) is 36.8 Å². The molecule has 0 aliphatic carbocycles. The van der Waals surface area contributed by atoms with E-state index in [4.69, 9.17) is 0 Å². The zero-order valence-corrected chi connectivity index (χ0v) is 18.2. The fourth-order valence-corrected chi connectivity index (χ4v) is 3.18. The molecule has 1 unspecified atom stereocenters. The average molecular weight is 473 g/mol. The fourth-order valence-electron chi connectivity index (χ4n) is 2.30. The Kier molecular flexibility index (Phi) is 10.1. The van der Waals surface area contributed by atoms with Crippen molar-refractivity contribution in [3.63, 3.8) is 0 Å². The maximum absolute atomic E-state index is 10.3. The van der Waals surface area contributed by atoms with Crippen molar-refractivity contribution in [2.24, 2.45) is 4.99 Å². The molecule has 0 amide bonds. The molecular weight excluding hydrogens is 445 g/mol. The van der Waals surface area contributed by atoms with Gasteiger partial charge in [0.05, 0.1) is 12.6 Å². The average Bonchev–Trinajstić information content (AvgIpc) is 3.06. The normalized spacial score (nSPS) is 12.4. The van der Waals surface area contributed by atoms with E-state index < -0.39 is 6.10 Å². The Labute approximate surface area is 171 Å². The predicted molar refractivity (Wildman–Crippen MR) is 118 cm³/mol. The summed E-state index contributed by atoms with van der Waals surface area (Å²) < 4.78 is 0. The molecule has 2 aromatic rings. The van der Waals surface area contributed by atoms with Crippen LogP contribution in [0.5, 0.6) is 0 Å². The topological polar surface area (TPSA) is 56.7 Å². The number of rotatable bonds is 7. The quantitative estimate of drug-likeness (QED) is 0.324. The number of nitrogens with one attached hydrogen (secondary N) is 2. The molecule has 0 spiro atoms. The van der Waals surface area contributed by atoms with E-state index >= 15 is 0 Å². The monoisotopic (exact) mass is 473 g/mol. The van der Waals surface area contributed by atoms with Crippen LogP contribution in [0.1, 0.15) is 40.8 Å². The number of guanidine groups is 1. The Hall–Kier alpha value is -1.12. The second-order valence-corrected chi connectivity index (χ2v) is 6.98. The van der Waals surface area contributed by atoms with Gasteiger partial charge in [-0.25, -0.2) is 4.99 Å². The summed E-state index contributed by atoms with van der Waals surface area (Å²) in [7, 11) is 0. The Bertz CT molecular complexity index is 655. The highest BCUT2D eigenvalue weighted by Crippen LogP contribution is 2.17. The molecule has 138 valence electrons. The lowest BCUT2D eigenvalue weighted by molar-refractivity contribution is 0.181. The molecule has 0 radical (unpaired) electrons. The van der Waals surface area contributed by atoms with E-state index in [9.17, 15) is 5.11 Å².